The number of aromatic nitrogens is 1. The number of carbonyl (C=O) groups is 2. The van der Waals surface area contributed by atoms with Crippen LogP contribution in [0.4, 0.5) is 15.2 Å². The van der Waals surface area contributed by atoms with Gasteiger partial charge in [-0.15, -0.1) is 0 Å². The average molecular weight is 474 g/mol. The fourth-order valence-electron chi connectivity index (χ4n) is 4.26. The Labute approximate surface area is 201 Å². The SMILES string of the molecule is CCc1ccc2nc(N(Cc3ccccc3)C(=O)C3CC(=O)N(c4ccc(F)cc4)C3)sc2c1. The van der Waals surface area contributed by atoms with Crippen molar-refractivity contribution < 1.29 is 14.0 Å². The molecule has 1 aliphatic heterocycles. The molecule has 0 spiro atoms. The summed E-state index contributed by atoms with van der Waals surface area (Å²) in [4.78, 5) is 34.6. The van der Waals surface area contributed by atoms with E-state index in [0.29, 0.717) is 17.4 Å². The number of aryl methyl sites for hydroxylation is 1. The standard InChI is InChI=1S/C27H24FN3O2S/c1-2-18-8-13-23-24(14-18)34-27(29-23)31(16-19-6-4-3-5-7-19)26(33)20-15-25(32)30(17-20)22-11-9-21(28)10-12-22/h3-14,20H,2,15-17H2,1H3. The van der Waals surface area contributed by atoms with Gasteiger partial charge in [-0.1, -0.05) is 54.7 Å². The number of anilines is 2. The Kier molecular flexibility index (Phi) is 6.11. The molecule has 34 heavy (non-hydrogen) atoms. The van der Waals surface area contributed by atoms with Crippen molar-refractivity contribution >= 4 is 44.2 Å². The number of fused-ring (bicyclic) bond motifs is 1. The Morgan fingerprint density at radius 3 is 2.59 bits per heavy atom. The first-order chi connectivity index (χ1) is 16.5. The Balaban J connectivity index is 1.46. The highest BCUT2D eigenvalue weighted by molar-refractivity contribution is 7.22. The van der Waals surface area contributed by atoms with Gasteiger partial charge in [0.25, 0.3) is 0 Å². The molecule has 5 nitrogen and oxygen atoms in total. The van der Waals surface area contributed by atoms with Crippen LogP contribution in [0, 0.1) is 11.7 Å². The van der Waals surface area contributed by atoms with Gasteiger partial charge in [-0.05, 0) is 53.9 Å². The zero-order chi connectivity index (χ0) is 23.7. The molecule has 1 saturated heterocycles. The molecule has 0 bridgehead atoms. The summed E-state index contributed by atoms with van der Waals surface area (Å²) in [6.45, 7) is 2.75. The minimum atomic E-state index is -0.500. The predicted octanol–water partition coefficient (Wildman–Crippen LogP) is 5.58. The monoisotopic (exact) mass is 473 g/mol. The molecule has 0 N–H and O–H groups in total. The molecule has 2 heterocycles. The van der Waals surface area contributed by atoms with Crippen LogP contribution in [0.1, 0.15) is 24.5 Å². The largest absolute Gasteiger partial charge is 0.312 e. The molecule has 1 aliphatic rings. The second-order valence-corrected chi connectivity index (χ2v) is 9.45. The third kappa shape index (κ3) is 4.43. The van der Waals surface area contributed by atoms with Crippen LogP contribution in [0.5, 0.6) is 0 Å². The fraction of sp³-hybridized carbons (Fsp3) is 0.222. The summed E-state index contributed by atoms with van der Waals surface area (Å²) in [6, 6.07) is 21.8. The second-order valence-electron chi connectivity index (χ2n) is 8.44. The van der Waals surface area contributed by atoms with E-state index in [2.05, 4.69) is 19.1 Å². The third-order valence-electron chi connectivity index (χ3n) is 6.14. The highest BCUT2D eigenvalue weighted by atomic mass is 32.1. The molecule has 1 atom stereocenters. The predicted molar refractivity (Wildman–Crippen MR) is 133 cm³/mol. The van der Waals surface area contributed by atoms with Gasteiger partial charge in [0.05, 0.1) is 22.7 Å². The van der Waals surface area contributed by atoms with E-state index >= 15 is 0 Å². The molecule has 2 amide bonds. The van der Waals surface area contributed by atoms with Gasteiger partial charge in [0, 0.05) is 18.7 Å². The number of carbonyl (C=O) groups excluding carboxylic acids is 2. The van der Waals surface area contributed by atoms with Crippen LogP contribution < -0.4 is 9.80 Å². The van der Waals surface area contributed by atoms with Gasteiger partial charge in [0.1, 0.15) is 5.82 Å². The normalized spacial score (nSPS) is 15.8. The number of hydrogen-bond donors (Lipinski definition) is 0. The molecule has 5 rings (SSSR count). The number of rotatable bonds is 6. The van der Waals surface area contributed by atoms with E-state index in [9.17, 15) is 14.0 Å². The van der Waals surface area contributed by atoms with Crippen molar-refractivity contribution in [1.29, 1.82) is 0 Å². The summed E-state index contributed by atoms with van der Waals surface area (Å²) in [5.41, 5.74) is 3.67. The Morgan fingerprint density at radius 1 is 1.09 bits per heavy atom. The summed E-state index contributed by atoms with van der Waals surface area (Å²) in [7, 11) is 0. The first kappa shape index (κ1) is 22.2. The lowest BCUT2D eigenvalue weighted by molar-refractivity contribution is -0.124. The first-order valence-corrected chi connectivity index (χ1v) is 12.1. The number of amides is 2. The maximum Gasteiger partial charge on any atom is 0.234 e. The fourth-order valence-corrected chi connectivity index (χ4v) is 5.30. The van der Waals surface area contributed by atoms with E-state index in [-0.39, 0.29) is 30.6 Å². The molecule has 3 aromatic carbocycles. The minimum absolute atomic E-state index is 0.117. The van der Waals surface area contributed by atoms with Crippen molar-refractivity contribution in [2.24, 2.45) is 5.92 Å². The lowest BCUT2D eigenvalue weighted by Crippen LogP contribution is -2.37. The first-order valence-electron chi connectivity index (χ1n) is 11.3. The van der Waals surface area contributed by atoms with Crippen LogP contribution in [0.15, 0.2) is 72.8 Å². The van der Waals surface area contributed by atoms with Crippen molar-refractivity contribution in [2.45, 2.75) is 26.3 Å². The van der Waals surface area contributed by atoms with Crippen LogP contribution in [0.2, 0.25) is 0 Å². The topological polar surface area (TPSA) is 53.5 Å². The van der Waals surface area contributed by atoms with Crippen LogP contribution in [-0.4, -0.2) is 23.3 Å². The van der Waals surface area contributed by atoms with Crippen molar-refractivity contribution in [3.63, 3.8) is 0 Å². The van der Waals surface area contributed by atoms with Crippen LogP contribution in [0.3, 0.4) is 0 Å². The zero-order valence-electron chi connectivity index (χ0n) is 18.8. The highest BCUT2D eigenvalue weighted by Gasteiger charge is 2.38. The lowest BCUT2D eigenvalue weighted by atomic mass is 10.1. The average Bonchev–Trinajstić information content (AvgIpc) is 3.46. The van der Waals surface area contributed by atoms with Crippen molar-refractivity contribution in [3.05, 3.63) is 89.7 Å². The van der Waals surface area contributed by atoms with E-state index in [1.54, 1.807) is 21.9 Å². The second kappa shape index (κ2) is 9.35. The van der Waals surface area contributed by atoms with Crippen LogP contribution >= 0.6 is 11.3 Å². The molecule has 0 saturated carbocycles. The van der Waals surface area contributed by atoms with Crippen molar-refractivity contribution in [2.75, 3.05) is 16.3 Å². The van der Waals surface area contributed by atoms with Crippen LogP contribution in [0.25, 0.3) is 10.2 Å². The molecule has 172 valence electrons. The maximum absolute atomic E-state index is 13.8. The van der Waals surface area contributed by atoms with Gasteiger partial charge in [0.2, 0.25) is 11.8 Å². The van der Waals surface area contributed by atoms with Gasteiger partial charge in [-0.25, -0.2) is 9.37 Å². The van der Waals surface area contributed by atoms with E-state index in [0.717, 1.165) is 22.2 Å². The van der Waals surface area contributed by atoms with Crippen LogP contribution in [-0.2, 0) is 22.6 Å². The van der Waals surface area contributed by atoms with Gasteiger partial charge in [-0.2, -0.15) is 0 Å². The molecule has 1 fully saturated rings. The van der Waals surface area contributed by atoms with E-state index in [4.69, 9.17) is 4.98 Å². The van der Waals surface area contributed by atoms with Gasteiger partial charge >= 0.3 is 0 Å². The molecule has 1 aromatic heterocycles. The molecule has 4 aromatic rings. The number of thiazole rings is 1. The minimum Gasteiger partial charge on any atom is -0.312 e. The Hall–Kier alpha value is -3.58. The molecule has 7 heteroatoms. The smallest absolute Gasteiger partial charge is 0.234 e. The van der Waals surface area contributed by atoms with E-state index in [1.807, 2.05) is 36.4 Å². The van der Waals surface area contributed by atoms with Gasteiger partial charge in [-0.3, -0.25) is 14.5 Å². The Bertz CT molecular complexity index is 1340. The highest BCUT2D eigenvalue weighted by Crippen LogP contribution is 2.34. The van der Waals surface area contributed by atoms with Crippen molar-refractivity contribution in [3.8, 4) is 0 Å². The third-order valence-corrected chi connectivity index (χ3v) is 7.18. The number of halogens is 1. The maximum atomic E-state index is 13.8. The molecular weight excluding hydrogens is 449 g/mol. The zero-order valence-corrected chi connectivity index (χ0v) is 19.6. The summed E-state index contributed by atoms with van der Waals surface area (Å²) in [5, 5.41) is 0.629. The number of benzene rings is 3. The summed E-state index contributed by atoms with van der Waals surface area (Å²) < 4.78 is 14.4. The summed E-state index contributed by atoms with van der Waals surface area (Å²) in [6.07, 6.45) is 1.05. The molecule has 0 radical (unpaired) electrons. The lowest BCUT2D eigenvalue weighted by Gasteiger charge is -2.23. The number of nitrogens with zero attached hydrogens (tertiary/aromatic N) is 3. The quantitative estimate of drug-likeness (QED) is 0.367. The van der Waals surface area contributed by atoms with E-state index < -0.39 is 5.92 Å². The Morgan fingerprint density at radius 2 is 1.85 bits per heavy atom. The molecule has 0 aliphatic carbocycles. The molecular formula is C27H24FN3O2S. The van der Waals surface area contributed by atoms with Gasteiger partial charge < -0.3 is 4.90 Å². The molecule has 1 unspecified atom stereocenters. The number of hydrogen-bond acceptors (Lipinski definition) is 4. The summed E-state index contributed by atoms with van der Waals surface area (Å²) in [5.74, 6) is -1.13. The van der Waals surface area contributed by atoms with Gasteiger partial charge in [0.15, 0.2) is 5.13 Å². The van der Waals surface area contributed by atoms with Crippen molar-refractivity contribution in [1.82, 2.24) is 4.98 Å². The summed E-state index contributed by atoms with van der Waals surface area (Å²) >= 11 is 1.49. The van der Waals surface area contributed by atoms with E-state index in [1.165, 1.54) is 29.0 Å².